The van der Waals surface area contributed by atoms with Gasteiger partial charge in [-0.2, -0.15) is 13.2 Å². The van der Waals surface area contributed by atoms with Gasteiger partial charge >= 0.3 is 6.18 Å². The van der Waals surface area contributed by atoms with Gasteiger partial charge < -0.3 is 4.57 Å². The fourth-order valence-corrected chi connectivity index (χ4v) is 6.72. The molecule has 0 saturated heterocycles. The number of aliphatic imine (C=N–C) groups is 2. The minimum Gasteiger partial charge on any atom is -0.336 e. The molecule has 0 aliphatic rings. The summed E-state index contributed by atoms with van der Waals surface area (Å²) >= 11 is 0. The summed E-state index contributed by atoms with van der Waals surface area (Å²) < 4.78 is 44.9. The van der Waals surface area contributed by atoms with Crippen molar-refractivity contribution in [2.75, 3.05) is 0 Å². The van der Waals surface area contributed by atoms with Gasteiger partial charge in [-0.1, -0.05) is 152 Å². The number of halogens is 3. The lowest BCUT2D eigenvalue weighted by molar-refractivity contribution is -0.138. The average molecular weight is 684 g/mol. The molecule has 0 aliphatic heterocycles. The van der Waals surface area contributed by atoms with Gasteiger partial charge in [0, 0.05) is 39.6 Å². The SMILES string of the molecule is FC(F)(F)c1ccccc1Cn1c2cc(N=C(c3ccccc3)c3ccccc3)ccc2c2ccc(N=C(c3ccccc3)c3ccccc3)cc21. The number of hydrogen-bond acceptors (Lipinski definition) is 2. The zero-order chi connectivity index (χ0) is 35.5. The fraction of sp³-hybridized carbons (Fsp3) is 0.0435. The van der Waals surface area contributed by atoms with Crippen molar-refractivity contribution in [3.05, 3.63) is 215 Å². The molecule has 0 fully saturated rings. The van der Waals surface area contributed by atoms with Crippen LogP contribution in [0.25, 0.3) is 21.8 Å². The topological polar surface area (TPSA) is 29.6 Å². The highest BCUT2D eigenvalue weighted by molar-refractivity contribution is 6.16. The van der Waals surface area contributed by atoms with Crippen molar-refractivity contribution >= 4 is 44.6 Å². The van der Waals surface area contributed by atoms with Crippen molar-refractivity contribution in [1.29, 1.82) is 0 Å². The van der Waals surface area contributed by atoms with Crippen molar-refractivity contribution < 1.29 is 13.2 Å². The number of fused-ring (bicyclic) bond motifs is 3. The summed E-state index contributed by atoms with van der Waals surface area (Å²) in [7, 11) is 0. The first kappa shape index (κ1) is 32.7. The number of rotatable bonds is 8. The Morgan fingerprint density at radius 3 is 1.19 bits per heavy atom. The van der Waals surface area contributed by atoms with Gasteiger partial charge in [-0.25, -0.2) is 9.98 Å². The zero-order valence-electron chi connectivity index (χ0n) is 28.0. The smallest absolute Gasteiger partial charge is 0.336 e. The summed E-state index contributed by atoms with van der Waals surface area (Å²) in [4.78, 5) is 10.3. The third kappa shape index (κ3) is 6.66. The number of aromatic nitrogens is 1. The lowest BCUT2D eigenvalue weighted by Gasteiger charge is -2.15. The molecule has 3 nitrogen and oxygen atoms in total. The second-order valence-corrected chi connectivity index (χ2v) is 12.5. The van der Waals surface area contributed by atoms with Gasteiger partial charge in [0.25, 0.3) is 0 Å². The average Bonchev–Trinajstić information content (AvgIpc) is 3.48. The first-order chi connectivity index (χ1) is 25.4. The van der Waals surface area contributed by atoms with E-state index in [1.54, 1.807) is 12.1 Å². The van der Waals surface area contributed by atoms with Gasteiger partial charge in [0.05, 0.1) is 39.4 Å². The van der Waals surface area contributed by atoms with Gasteiger partial charge in [0.15, 0.2) is 0 Å². The molecule has 0 atom stereocenters. The van der Waals surface area contributed by atoms with E-state index >= 15 is 0 Å². The summed E-state index contributed by atoms with van der Waals surface area (Å²) in [5, 5.41) is 1.84. The van der Waals surface area contributed by atoms with E-state index in [-0.39, 0.29) is 12.1 Å². The molecule has 0 aliphatic carbocycles. The molecular weight excluding hydrogens is 652 g/mol. The summed E-state index contributed by atoms with van der Waals surface area (Å²) in [5.41, 5.74) is 7.92. The lowest BCUT2D eigenvalue weighted by atomic mass is 10.0. The van der Waals surface area contributed by atoms with Gasteiger partial charge in [-0.05, 0) is 35.9 Å². The van der Waals surface area contributed by atoms with E-state index < -0.39 is 11.7 Å². The molecule has 0 N–H and O–H groups in total. The maximum Gasteiger partial charge on any atom is 0.416 e. The standard InChI is InChI=1S/C46H32F3N3/c47-46(48,49)41-24-14-13-23-36(41)31-52-42-29-37(50-44(32-15-5-1-6-16-32)33-17-7-2-8-18-33)25-27-39(42)40-28-26-38(30-43(40)52)51-45(34-19-9-3-10-20-34)35-21-11-4-12-22-35/h1-30H,31H2. The number of benzene rings is 7. The normalized spacial score (nSPS) is 11.4. The molecular formula is C46H32F3N3. The van der Waals surface area contributed by atoms with Crippen LogP contribution in [0.5, 0.6) is 0 Å². The Morgan fingerprint density at radius 2 is 0.808 bits per heavy atom. The minimum absolute atomic E-state index is 0.00444. The first-order valence-corrected chi connectivity index (χ1v) is 17.0. The van der Waals surface area contributed by atoms with Crippen LogP contribution in [0.4, 0.5) is 24.5 Å². The molecule has 0 saturated carbocycles. The highest BCUT2D eigenvalue weighted by Crippen LogP contribution is 2.38. The van der Waals surface area contributed by atoms with Crippen molar-refractivity contribution in [3.8, 4) is 0 Å². The van der Waals surface area contributed by atoms with Crippen molar-refractivity contribution in [1.82, 2.24) is 4.57 Å². The summed E-state index contributed by atoms with van der Waals surface area (Å²) in [6.45, 7) is 0.00444. The molecule has 6 heteroatoms. The van der Waals surface area contributed by atoms with Crippen LogP contribution in [0.2, 0.25) is 0 Å². The highest BCUT2D eigenvalue weighted by atomic mass is 19.4. The minimum atomic E-state index is -4.50. The van der Waals surface area contributed by atoms with Crippen LogP contribution in [0, 0.1) is 0 Å². The Morgan fingerprint density at radius 1 is 0.442 bits per heavy atom. The molecule has 52 heavy (non-hydrogen) atoms. The van der Waals surface area contributed by atoms with Crippen LogP contribution in [-0.2, 0) is 12.7 Å². The fourth-order valence-electron chi connectivity index (χ4n) is 6.72. The molecule has 7 aromatic carbocycles. The molecule has 8 aromatic rings. The van der Waals surface area contributed by atoms with Crippen molar-refractivity contribution in [2.24, 2.45) is 9.98 Å². The Balaban J connectivity index is 1.34. The zero-order valence-corrected chi connectivity index (χ0v) is 28.0. The number of hydrogen-bond donors (Lipinski definition) is 0. The second kappa shape index (κ2) is 14.0. The molecule has 0 radical (unpaired) electrons. The van der Waals surface area contributed by atoms with Crippen molar-refractivity contribution in [3.63, 3.8) is 0 Å². The largest absolute Gasteiger partial charge is 0.416 e. The van der Waals surface area contributed by atoms with Gasteiger partial charge in [0.2, 0.25) is 0 Å². The summed E-state index contributed by atoms with van der Waals surface area (Å²) in [6, 6.07) is 57.6. The van der Waals surface area contributed by atoms with Gasteiger partial charge in [0.1, 0.15) is 0 Å². The molecule has 0 unspecified atom stereocenters. The van der Waals surface area contributed by atoms with E-state index in [1.165, 1.54) is 6.07 Å². The molecule has 1 aromatic heterocycles. The first-order valence-electron chi connectivity index (χ1n) is 17.0. The molecule has 0 amide bonds. The predicted molar refractivity (Wildman–Crippen MR) is 206 cm³/mol. The molecule has 8 rings (SSSR count). The number of nitrogens with zero attached hydrogens (tertiary/aromatic N) is 3. The third-order valence-electron chi connectivity index (χ3n) is 9.16. The Labute approximate surface area is 299 Å². The van der Waals surface area contributed by atoms with Crippen molar-refractivity contribution in [2.45, 2.75) is 12.7 Å². The summed E-state index contributed by atoms with van der Waals surface area (Å²) in [5.74, 6) is 0. The van der Waals surface area contributed by atoms with E-state index in [9.17, 15) is 13.2 Å². The van der Waals surface area contributed by atoms with E-state index in [2.05, 4.69) is 0 Å². The second-order valence-electron chi connectivity index (χ2n) is 12.5. The third-order valence-corrected chi connectivity index (χ3v) is 9.16. The molecule has 0 bridgehead atoms. The van der Waals surface area contributed by atoms with Gasteiger partial charge in [-0.15, -0.1) is 0 Å². The predicted octanol–water partition coefficient (Wildman–Crippen LogP) is 12.2. The molecule has 252 valence electrons. The van der Waals surface area contributed by atoms with Crippen LogP contribution in [-0.4, -0.2) is 16.0 Å². The Hall–Kier alpha value is -6.53. The Bertz CT molecular complexity index is 2320. The quantitative estimate of drug-likeness (QED) is 0.143. The van der Waals surface area contributed by atoms with E-state index in [1.807, 2.05) is 162 Å². The number of alkyl halides is 3. The maximum absolute atomic E-state index is 14.3. The molecule has 1 heterocycles. The van der Waals surface area contributed by atoms with Crippen LogP contribution in [0.1, 0.15) is 33.4 Å². The highest BCUT2D eigenvalue weighted by Gasteiger charge is 2.33. The lowest BCUT2D eigenvalue weighted by Crippen LogP contribution is -2.11. The van der Waals surface area contributed by atoms with Crippen LogP contribution in [0.3, 0.4) is 0 Å². The maximum atomic E-state index is 14.3. The summed E-state index contributed by atoms with van der Waals surface area (Å²) in [6.07, 6.45) is -4.50. The van der Waals surface area contributed by atoms with Crippen LogP contribution in [0.15, 0.2) is 192 Å². The van der Waals surface area contributed by atoms with E-state index in [4.69, 9.17) is 9.98 Å². The van der Waals surface area contributed by atoms with E-state index in [0.717, 1.165) is 61.5 Å². The van der Waals surface area contributed by atoms with E-state index in [0.29, 0.717) is 11.4 Å². The monoisotopic (exact) mass is 683 g/mol. The van der Waals surface area contributed by atoms with Gasteiger partial charge in [-0.3, -0.25) is 0 Å². The van der Waals surface area contributed by atoms with Crippen LogP contribution < -0.4 is 0 Å². The Kier molecular flexibility index (Phi) is 8.79. The molecule has 0 spiro atoms. The van der Waals surface area contributed by atoms with Crippen LogP contribution >= 0.6 is 0 Å².